The summed E-state index contributed by atoms with van der Waals surface area (Å²) in [4.78, 5) is 40.8. The van der Waals surface area contributed by atoms with Crippen molar-refractivity contribution < 1.29 is 22.8 Å². The van der Waals surface area contributed by atoms with Crippen molar-refractivity contribution in [3.63, 3.8) is 0 Å². The second-order valence-electron chi connectivity index (χ2n) is 7.99. The summed E-state index contributed by atoms with van der Waals surface area (Å²) in [5, 5.41) is 2.64. The van der Waals surface area contributed by atoms with Crippen LogP contribution in [0.4, 0.5) is 10.5 Å². The molecule has 170 valence electrons. The molecule has 0 aromatic heterocycles. The topological polar surface area (TPSA) is 107 Å². The van der Waals surface area contributed by atoms with Crippen molar-refractivity contribution >= 4 is 33.6 Å². The molecule has 4 amide bonds. The number of sulfonamides is 1. The zero-order chi connectivity index (χ0) is 22.8. The summed E-state index contributed by atoms with van der Waals surface area (Å²) < 4.78 is 26.5. The van der Waals surface area contributed by atoms with Crippen molar-refractivity contribution in [3.05, 3.63) is 24.3 Å². The number of anilines is 1. The molecule has 0 radical (unpaired) electrons. The minimum Gasteiger partial charge on any atom is -0.325 e. The zero-order valence-corrected chi connectivity index (χ0v) is 19.1. The summed E-state index contributed by atoms with van der Waals surface area (Å²) in [6, 6.07) is 5.40. The maximum absolute atomic E-state index is 13.0. The molecule has 1 aliphatic heterocycles. The van der Waals surface area contributed by atoms with Gasteiger partial charge in [0.05, 0.1) is 4.90 Å². The highest BCUT2D eigenvalue weighted by Crippen LogP contribution is 2.39. The van der Waals surface area contributed by atoms with Gasteiger partial charge in [0.15, 0.2) is 0 Å². The second-order valence-corrected chi connectivity index (χ2v) is 9.92. The highest BCUT2D eigenvalue weighted by molar-refractivity contribution is 7.89. The Morgan fingerprint density at radius 3 is 2.19 bits per heavy atom. The predicted molar refractivity (Wildman–Crippen MR) is 116 cm³/mol. The van der Waals surface area contributed by atoms with Crippen molar-refractivity contribution in [1.82, 2.24) is 14.1 Å². The molecule has 1 saturated carbocycles. The van der Waals surface area contributed by atoms with E-state index in [0.29, 0.717) is 31.6 Å². The molecular weight excluding hydrogens is 420 g/mol. The van der Waals surface area contributed by atoms with Crippen molar-refractivity contribution in [2.45, 2.75) is 56.4 Å². The van der Waals surface area contributed by atoms with Gasteiger partial charge in [0, 0.05) is 25.8 Å². The van der Waals surface area contributed by atoms with E-state index in [9.17, 15) is 22.8 Å². The summed E-state index contributed by atoms with van der Waals surface area (Å²) in [5.74, 6) is -0.821. The van der Waals surface area contributed by atoms with Gasteiger partial charge >= 0.3 is 6.03 Å². The number of amides is 4. The first kappa shape index (κ1) is 23.2. The fraction of sp³-hybridized carbons (Fsp3) is 0.571. The standard InChI is InChI=1S/C21H30N4O5S/c1-4-24(5-2)31(29,30)17-11-9-16(10-12-17)22-18(26)15-25-19(27)21(23(3)20(25)28)13-7-6-8-14-21/h9-12H,4-8,13-15H2,1-3H3,(H,22,26). The fourth-order valence-corrected chi connectivity index (χ4v) is 5.90. The molecule has 2 aliphatic rings. The zero-order valence-electron chi connectivity index (χ0n) is 18.3. The molecule has 1 aromatic rings. The van der Waals surface area contributed by atoms with Crippen LogP contribution in [0.3, 0.4) is 0 Å². The molecule has 0 atom stereocenters. The largest absolute Gasteiger partial charge is 0.327 e. The number of hydrogen-bond acceptors (Lipinski definition) is 5. The number of likely N-dealkylation sites (N-methyl/N-ethyl adjacent to an activating group) is 1. The van der Waals surface area contributed by atoms with Crippen molar-refractivity contribution in [3.8, 4) is 0 Å². The Hall–Kier alpha value is -2.46. The SMILES string of the molecule is CCN(CC)S(=O)(=O)c1ccc(NC(=O)CN2C(=O)N(C)C3(CCCCC3)C2=O)cc1. The van der Waals surface area contributed by atoms with Crippen molar-refractivity contribution in [2.24, 2.45) is 0 Å². The van der Waals surface area contributed by atoms with Gasteiger partial charge in [0.2, 0.25) is 15.9 Å². The molecule has 2 fully saturated rings. The molecule has 31 heavy (non-hydrogen) atoms. The van der Waals surface area contributed by atoms with Gasteiger partial charge in [-0.25, -0.2) is 13.2 Å². The lowest BCUT2D eigenvalue weighted by Crippen LogP contribution is -2.49. The average Bonchev–Trinajstić information content (AvgIpc) is 2.91. The normalized spacial score (nSPS) is 18.8. The number of carbonyl (C=O) groups excluding carboxylic acids is 3. The number of nitrogens with zero attached hydrogens (tertiary/aromatic N) is 3. The van der Waals surface area contributed by atoms with Crippen LogP contribution in [0.5, 0.6) is 0 Å². The number of carbonyl (C=O) groups is 3. The van der Waals surface area contributed by atoms with E-state index in [1.807, 2.05) is 0 Å². The predicted octanol–water partition coefficient (Wildman–Crippen LogP) is 2.25. The third-order valence-corrected chi connectivity index (χ3v) is 8.33. The number of hydrogen-bond donors (Lipinski definition) is 1. The molecule has 10 heteroatoms. The lowest BCUT2D eigenvalue weighted by Gasteiger charge is -2.35. The molecular formula is C21H30N4O5S. The van der Waals surface area contributed by atoms with Crippen molar-refractivity contribution in [1.29, 1.82) is 0 Å². The van der Waals surface area contributed by atoms with Gasteiger partial charge in [-0.2, -0.15) is 4.31 Å². The van der Waals surface area contributed by atoms with Gasteiger partial charge in [-0.15, -0.1) is 0 Å². The number of imide groups is 1. The molecule has 1 aliphatic carbocycles. The number of benzene rings is 1. The first-order valence-electron chi connectivity index (χ1n) is 10.7. The minimum atomic E-state index is -3.58. The quantitative estimate of drug-likeness (QED) is 0.641. The fourth-order valence-electron chi connectivity index (χ4n) is 4.44. The second kappa shape index (κ2) is 8.96. The monoisotopic (exact) mass is 450 g/mol. The number of nitrogens with one attached hydrogen (secondary N) is 1. The van der Waals surface area contributed by atoms with Crippen LogP contribution in [-0.2, 0) is 19.6 Å². The highest BCUT2D eigenvalue weighted by Gasteiger charge is 2.55. The maximum atomic E-state index is 13.0. The van der Waals surface area contributed by atoms with Crippen LogP contribution in [0, 0.1) is 0 Å². The van der Waals surface area contributed by atoms with E-state index in [1.165, 1.54) is 33.5 Å². The summed E-state index contributed by atoms with van der Waals surface area (Å²) in [5.41, 5.74) is -0.431. The van der Waals surface area contributed by atoms with Crippen molar-refractivity contribution in [2.75, 3.05) is 32.0 Å². The highest BCUT2D eigenvalue weighted by atomic mass is 32.2. The van der Waals surface area contributed by atoms with Crippen LogP contribution < -0.4 is 5.32 Å². The van der Waals surface area contributed by atoms with E-state index in [-0.39, 0.29) is 17.3 Å². The van der Waals surface area contributed by atoms with Crippen LogP contribution in [0.15, 0.2) is 29.2 Å². The van der Waals surface area contributed by atoms with Crippen LogP contribution in [-0.4, -0.2) is 72.6 Å². The first-order chi connectivity index (χ1) is 14.7. The first-order valence-corrected chi connectivity index (χ1v) is 12.1. The van der Waals surface area contributed by atoms with E-state index < -0.39 is 27.5 Å². The molecule has 9 nitrogen and oxygen atoms in total. The van der Waals surface area contributed by atoms with Crippen LogP contribution >= 0.6 is 0 Å². The molecule has 3 rings (SSSR count). The van der Waals surface area contributed by atoms with Crippen LogP contribution in [0.1, 0.15) is 46.0 Å². The molecule has 1 N–H and O–H groups in total. The third-order valence-electron chi connectivity index (χ3n) is 6.27. The third kappa shape index (κ3) is 4.18. The van der Waals surface area contributed by atoms with E-state index in [2.05, 4.69) is 5.32 Å². The summed E-state index contributed by atoms with van der Waals surface area (Å²) in [7, 11) is -1.96. The Balaban J connectivity index is 1.67. The van der Waals surface area contributed by atoms with E-state index in [0.717, 1.165) is 24.2 Å². The van der Waals surface area contributed by atoms with Gasteiger partial charge in [0.1, 0.15) is 12.1 Å². The molecule has 1 heterocycles. The average molecular weight is 451 g/mol. The van der Waals surface area contributed by atoms with Gasteiger partial charge in [-0.05, 0) is 37.1 Å². The van der Waals surface area contributed by atoms with Gasteiger partial charge in [-0.1, -0.05) is 33.1 Å². The van der Waals surface area contributed by atoms with E-state index in [1.54, 1.807) is 20.9 Å². The minimum absolute atomic E-state index is 0.139. The molecule has 1 spiro atoms. The van der Waals surface area contributed by atoms with Crippen LogP contribution in [0.25, 0.3) is 0 Å². The lowest BCUT2D eigenvalue weighted by molar-refractivity contribution is -0.136. The molecule has 0 unspecified atom stereocenters. The number of urea groups is 1. The lowest BCUT2D eigenvalue weighted by atomic mass is 9.81. The van der Waals surface area contributed by atoms with E-state index in [4.69, 9.17) is 0 Å². The van der Waals surface area contributed by atoms with Gasteiger partial charge < -0.3 is 10.2 Å². The van der Waals surface area contributed by atoms with Crippen LogP contribution in [0.2, 0.25) is 0 Å². The summed E-state index contributed by atoms with van der Waals surface area (Å²) >= 11 is 0. The van der Waals surface area contributed by atoms with Gasteiger partial charge in [-0.3, -0.25) is 14.5 Å². The Labute approximate surface area is 183 Å². The summed E-state index contributed by atoms with van der Waals surface area (Å²) in [6.07, 6.45) is 4.04. The maximum Gasteiger partial charge on any atom is 0.327 e. The Kier molecular flexibility index (Phi) is 6.70. The molecule has 1 aromatic carbocycles. The van der Waals surface area contributed by atoms with Gasteiger partial charge in [0.25, 0.3) is 5.91 Å². The Morgan fingerprint density at radius 1 is 1.06 bits per heavy atom. The smallest absolute Gasteiger partial charge is 0.325 e. The summed E-state index contributed by atoms with van der Waals surface area (Å²) in [6.45, 7) is 3.90. The number of rotatable bonds is 7. The Morgan fingerprint density at radius 2 is 1.65 bits per heavy atom. The van der Waals surface area contributed by atoms with E-state index >= 15 is 0 Å². The molecule has 0 bridgehead atoms. The molecule has 1 saturated heterocycles. The Bertz CT molecular complexity index is 950.